The van der Waals surface area contributed by atoms with Crippen molar-refractivity contribution in [1.29, 1.82) is 0 Å². The van der Waals surface area contributed by atoms with E-state index in [9.17, 15) is 9.59 Å². The summed E-state index contributed by atoms with van der Waals surface area (Å²) in [5, 5.41) is 12.3. The minimum Gasteiger partial charge on any atom is -0.383 e. The normalized spacial score (nSPS) is 20.0. The van der Waals surface area contributed by atoms with Crippen molar-refractivity contribution in [1.82, 2.24) is 15.1 Å². The van der Waals surface area contributed by atoms with E-state index in [0.717, 1.165) is 37.7 Å². The first-order chi connectivity index (χ1) is 15.1. The van der Waals surface area contributed by atoms with E-state index in [0.29, 0.717) is 35.5 Å². The Morgan fingerprint density at radius 3 is 2.71 bits per heavy atom. The molecule has 1 spiro atoms. The number of anilines is 1. The lowest BCUT2D eigenvalue weighted by atomic mass is 9.65. The summed E-state index contributed by atoms with van der Waals surface area (Å²) in [6.45, 7) is 1.24. The number of hydrogen-bond donors (Lipinski definition) is 1. The third-order valence-electron chi connectivity index (χ3n) is 6.29. The lowest BCUT2D eigenvalue weighted by Gasteiger charge is -2.53. The van der Waals surface area contributed by atoms with E-state index < -0.39 is 11.5 Å². The topological polar surface area (TPSA) is 93.7 Å². The number of aromatic nitrogens is 2. The highest BCUT2D eigenvalue weighted by molar-refractivity contribution is 7.15. The number of rotatable bonds is 7. The Hall–Kier alpha value is -2.36. The van der Waals surface area contributed by atoms with E-state index in [1.807, 2.05) is 29.2 Å². The number of nitrogens with zero attached hydrogens (tertiary/aromatic N) is 3. The monoisotopic (exact) mass is 444 g/mol. The van der Waals surface area contributed by atoms with E-state index in [-0.39, 0.29) is 11.8 Å². The van der Waals surface area contributed by atoms with Crippen molar-refractivity contribution >= 4 is 28.3 Å². The van der Waals surface area contributed by atoms with Crippen LogP contribution in [0.5, 0.6) is 0 Å². The van der Waals surface area contributed by atoms with E-state index >= 15 is 0 Å². The molecular weight excluding hydrogens is 416 g/mol. The fourth-order valence-electron chi connectivity index (χ4n) is 5.01. The predicted octanol–water partition coefficient (Wildman–Crippen LogP) is 3.21. The molecule has 166 valence electrons. The van der Waals surface area contributed by atoms with Crippen LogP contribution in [0.3, 0.4) is 0 Å². The summed E-state index contributed by atoms with van der Waals surface area (Å²) in [6, 6.07) is 7.48. The minimum atomic E-state index is -0.563. The lowest BCUT2D eigenvalue weighted by molar-refractivity contribution is -0.122. The summed E-state index contributed by atoms with van der Waals surface area (Å²) in [5.74, 6) is -0.644. The van der Waals surface area contributed by atoms with Gasteiger partial charge in [0.05, 0.1) is 18.1 Å². The van der Waals surface area contributed by atoms with Gasteiger partial charge in [0.25, 0.3) is 5.91 Å². The van der Waals surface area contributed by atoms with Crippen LogP contribution in [0.1, 0.15) is 59.0 Å². The number of amides is 2. The van der Waals surface area contributed by atoms with Crippen LogP contribution in [-0.4, -0.2) is 59.8 Å². The van der Waals surface area contributed by atoms with Crippen molar-refractivity contribution in [3.63, 3.8) is 0 Å². The molecule has 0 radical (unpaired) electrons. The molecule has 0 saturated heterocycles. The van der Waals surface area contributed by atoms with E-state index in [1.165, 1.54) is 11.3 Å². The number of ether oxygens (including phenoxy) is 2. The molecule has 31 heavy (non-hydrogen) atoms. The van der Waals surface area contributed by atoms with Gasteiger partial charge in [-0.1, -0.05) is 48.8 Å². The van der Waals surface area contributed by atoms with Crippen molar-refractivity contribution in [2.75, 3.05) is 32.7 Å². The first-order valence-electron chi connectivity index (χ1n) is 10.6. The summed E-state index contributed by atoms with van der Waals surface area (Å²) < 4.78 is 10.4. The lowest BCUT2D eigenvalue weighted by Crippen LogP contribution is -2.62. The van der Waals surface area contributed by atoms with Gasteiger partial charge in [-0.2, -0.15) is 0 Å². The Morgan fingerprint density at radius 1 is 1.19 bits per heavy atom. The van der Waals surface area contributed by atoms with Gasteiger partial charge in [0, 0.05) is 26.3 Å². The van der Waals surface area contributed by atoms with Crippen molar-refractivity contribution in [3.05, 3.63) is 40.4 Å². The molecule has 1 fully saturated rings. The smallest absolute Gasteiger partial charge is 0.254 e. The first kappa shape index (κ1) is 21.9. The molecule has 2 aromatic rings. The highest BCUT2D eigenvalue weighted by Crippen LogP contribution is 2.49. The van der Waals surface area contributed by atoms with Gasteiger partial charge in [-0.25, -0.2) is 0 Å². The third kappa shape index (κ3) is 4.09. The molecule has 2 amide bonds. The van der Waals surface area contributed by atoms with Gasteiger partial charge in [-0.3, -0.25) is 14.9 Å². The van der Waals surface area contributed by atoms with Gasteiger partial charge in [0.15, 0.2) is 0 Å². The summed E-state index contributed by atoms with van der Waals surface area (Å²) in [5.41, 5.74) is 0.821. The largest absolute Gasteiger partial charge is 0.383 e. The van der Waals surface area contributed by atoms with E-state index in [4.69, 9.17) is 9.47 Å². The molecule has 1 aromatic carbocycles. The Balaban J connectivity index is 1.74. The van der Waals surface area contributed by atoms with Crippen molar-refractivity contribution in [2.45, 2.75) is 50.2 Å². The van der Waals surface area contributed by atoms with Gasteiger partial charge in [0.2, 0.25) is 11.0 Å². The third-order valence-corrected chi connectivity index (χ3v) is 7.10. The molecule has 8 nitrogen and oxygen atoms in total. The molecule has 1 atom stereocenters. The molecule has 2 heterocycles. The van der Waals surface area contributed by atoms with Crippen LogP contribution in [0, 0.1) is 0 Å². The second-order valence-corrected chi connectivity index (χ2v) is 9.12. The molecule has 0 bridgehead atoms. The average Bonchev–Trinajstić information content (AvgIpc) is 3.21. The summed E-state index contributed by atoms with van der Waals surface area (Å²) in [6.07, 6.45) is 4.67. The number of hydrogen-bond acceptors (Lipinski definition) is 7. The fraction of sp³-hybridized carbons (Fsp3) is 0.545. The van der Waals surface area contributed by atoms with E-state index in [1.54, 1.807) is 14.2 Å². The van der Waals surface area contributed by atoms with Crippen LogP contribution in [0.4, 0.5) is 5.13 Å². The molecule has 9 heteroatoms. The van der Waals surface area contributed by atoms with Crippen LogP contribution in [0.25, 0.3) is 0 Å². The van der Waals surface area contributed by atoms with Crippen molar-refractivity contribution in [3.8, 4) is 0 Å². The quantitative estimate of drug-likeness (QED) is 0.705. The van der Waals surface area contributed by atoms with E-state index in [2.05, 4.69) is 15.5 Å². The Bertz CT molecular complexity index is 941. The second kappa shape index (κ2) is 9.42. The zero-order chi connectivity index (χ0) is 21.8. The van der Waals surface area contributed by atoms with Crippen LogP contribution in [0.2, 0.25) is 0 Å². The first-order valence-corrected chi connectivity index (χ1v) is 11.4. The molecule has 1 aliphatic heterocycles. The molecular formula is C22H28N4O4S. The number of methoxy groups -OCH3 is 2. The molecule has 1 aliphatic carbocycles. The Labute approximate surface area is 185 Å². The highest BCUT2D eigenvalue weighted by atomic mass is 32.1. The molecule has 4 rings (SSSR count). The SMILES string of the molecule is COCCN1C(=O)c2ccccc2[C@@H](C(=O)Nc2nnc(COC)s2)C12CCCCC2. The van der Waals surface area contributed by atoms with Gasteiger partial charge < -0.3 is 14.4 Å². The number of benzene rings is 1. The van der Waals surface area contributed by atoms with Gasteiger partial charge >= 0.3 is 0 Å². The fourth-order valence-corrected chi connectivity index (χ4v) is 5.73. The van der Waals surface area contributed by atoms with Gasteiger partial charge in [0.1, 0.15) is 11.6 Å². The standard InChI is InChI=1S/C22H28N4O4S/c1-29-13-12-26-20(28)16-9-5-4-8-15(16)18(22(26)10-6-3-7-11-22)19(27)23-21-25-24-17(31-21)14-30-2/h4-5,8-9,18H,3,6-7,10-14H2,1-2H3,(H,23,25,27)/t18-/m0/s1. The van der Waals surface area contributed by atoms with Crippen LogP contribution < -0.4 is 5.32 Å². The Kier molecular flexibility index (Phi) is 6.64. The van der Waals surface area contributed by atoms with Crippen molar-refractivity contribution < 1.29 is 19.1 Å². The minimum absolute atomic E-state index is 0.0168. The molecule has 0 unspecified atom stereocenters. The molecule has 1 saturated carbocycles. The molecule has 1 aromatic heterocycles. The number of carbonyl (C=O) groups is 2. The van der Waals surface area contributed by atoms with Crippen LogP contribution in [0.15, 0.2) is 24.3 Å². The maximum atomic E-state index is 13.7. The maximum absolute atomic E-state index is 13.7. The number of carbonyl (C=O) groups excluding carboxylic acids is 2. The predicted molar refractivity (Wildman–Crippen MR) is 117 cm³/mol. The number of fused-ring (bicyclic) bond motifs is 1. The maximum Gasteiger partial charge on any atom is 0.254 e. The molecule has 1 N–H and O–H groups in total. The summed E-state index contributed by atoms with van der Waals surface area (Å²) in [7, 11) is 3.23. The van der Waals surface area contributed by atoms with Gasteiger partial charge in [-0.15, -0.1) is 10.2 Å². The second-order valence-electron chi connectivity index (χ2n) is 8.06. The average molecular weight is 445 g/mol. The summed E-state index contributed by atoms with van der Waals surface area (Å²) >= 11 is 1.30. The molecule has 2 aliphatic rings. The zero-order valence-corrected chi connectivity index (χ0v) is 18.7. The Morgan fingerprint density at radius 2 is 1.97 bits per heavy atom. The van der Waals surface area contributed by atoms with Crippen LogP contribution in [-0.2, 0) is 20.9 Å². The zero-order valence-electron chi connectivity index (χ0n) is 17.9. The van der Waals surface area contributed by atoms with Gasteiger partial charge in [-0.05, 0) is 24.5 Å². The number of nitrogens with one attached hydrogen (secondary N) is 1. The van der Waals surface area contributed by atoms with Crippen LogP contribution >= 0.6 is 11.3 Å². The van der Waals surface area contributed by atoms with Crippen molar-refractivity contribution in [2.24, 2.45) is 0 Å². The highest BCUT2D eigenvalue weighted by Gasteiger charge is 2.54. The summed E-state index contributed by atoms with van der Waals surface area (Å²) in [4.78, 5) is 29.1.